The van der Waals surface area contributed by atoms with Crippen LogP contribution in [0, 0.1) is 0 Å². The number of carboxylic acids is 1. The molecule has 1 aliphatic rings. The van der Waals surface area contributed by atoms with Gasteiger partial charge in [-0.3, -0.25) is 4.79 Å². The van der Waals surface area contributed by atoms with Crippen LogP contribution in [0.15, 0.2) is 24.3 Å². The van der Waals surface area contributed by atoms with Crippen molar-refractivity contribution >= 4 is 11.8 Å². The van der Waals surface area contributed by atoms with Crippen LogP contribution in [0.3, 0.4) is 0 Å². The van der Waals surface area contributed by atoms with Gasteiger partial charge in [-0.25, -0.2) is 4.79 Å². The fraction of sp³-hybridized carbons (Fsp3) is 0.333. The van der Waals surface area contributed by atoms with E-state index in [1.165, 1.54) is 5.56 Å². The minimum absolute atomic E-state index is 0.102. The van der Waals surface area contributed by atoms with Gasteiger partial charge >= 0.3 is 5.97 Å². The number of hydrogen-bond acceptors (Lipinski definition) is 2. The van der Waals surface area contributed by atoms with Gasteiger partial charge in [-0.05, 0) is 29.9 Å². The molecule has 3 heteroatoms. The van der Waals surface area contributed by atoms with Crippen molar-refractivity contribution in [3.8, 4) is 0 Å². The molecular formula is C12H12O3. The second kappa shape index (κ2) is 3.85. The molecule has 3 nitrogen and oxygen atoms in total. The molecule has 0 saturated heterocycles. The second-order valence-corrected chi connectivity index (χ2v) is 3.87. The lowest BCUT2D eigenvalue weighted by molar-refractivity contribution is -0.149. The Labute approximate surface area is 87.7 Å². The Kier molecular flexibility index (Phi) is 2.54. The highest BCUT2D eigenvalue weighted by Gasteiger charge is 2.26. The number of aryl methyl sites for hydroxylation is 1. The number of carbonyl (C=O) groups excluding carboxylic acids is 1. The van der Waals surface area contributed by atoms with Gasteiger partial charge in [0.2, 0.25) is 5.78 Å². The zero-order chi connectivity index (χ0) is 10.8. The van der Waals surface area contributed by atoms with Crippen LogP contribution in [0.2, 0.25) is 0 Å². The van der Waals surface area contributed by atoms with E-state index in [9.17, 15) is 9.59 Å². The summed E-state index contributed by atoms with van der Waals surface area (Å²) in [6.07, 6.45) is 1.97. The molecule has 0 amide bonds. The molecule has 0 aliphatic heterocycles. The number of hydrogen-bond donors (Lipinski definition) is 1. The molecule has 0 radical (unpaired) electrons. The van der Waals surface area contributed by atoms with E-state index in [4.69, 9.17) is 5.11 Å². The van der Waals surface area contributed by atoms with E-state index < -0.39 is 11.8 Å². The SMILES string of the molecule is O=C(O)C(=O)CC1CCc2ccccc21. The van der Waals surface area contributed by atoms with Gasteiger partial charge in [-0.15, -0.1) is 0 Å². The lowest BCUT2D eigenvalue weighted by atomic mass is 9.96. The molecule has 1 atom stereocenters. The monoisotopic (exact) mass is 204 g/mol. The molecule has 1 N–H and O–H groups in total. The third kappa shape index (κ3) is 1.91. The zero-order valence-corrected chi connectivity index (χ0v) is 8.27. The highest BCUT2D eigenvalue weighted by atomic mass is 16.4. The second-order valence-electron chi connectivity index (χ2n) is 3.87. The van der Waals surface area contributed by atoms with Crippen LogP contribution in [-0.2, 0) is 16.0 Å². The Hall–Kier alpha value is -1.64. The van der Waals surface area contributed by atoms with Crippen LogP contribution in [0.25, 0.3) is 0 Å². The number of carboxylic acid groups (broad SMARTS) is 1. The smallest absolute Gasteiger partial charge is 0.372 e. The third-order valence-electron chi connectivity index (χ3n) is 2.93. The van der Waals surface area contributed by atoms with Crippen molar-refractivity contribution in [2.45, 2.75) is 25.2 Å². The standard InChI is InChI=1S/C12H12O3/c13-11(12(14)15)7-9-6-5-8-3-1-2-4-10(8)9/h1-4,9H,5-7H2,(H,14,15). The highest BCUT2D eigenvalue weighted by molar-refractivity contribution is 6.32. The predicted molar refractivity (Wildman–Crippen MR) is 54.8 cm³/mol. The molecule has 1 aliphatic carbocycles. The Morgan fingerprint density at radius 3 is 2.80 bits per heavy atom. The Morgan fingerprint density at radius 1 is 1.33 bits per heavy atom. The molecule has 15 heavy (non-hydrogen) atoms. The van der Waals surface area contributed by atoms with Crippen LogP contribution in [0.5, 0.6) is 0 Å². The van der Waals surface area contributed by atoms with E-state index in [1.807, 2.05) is 24.3 Å². The van der Waals surface area contributed by atoms with Crippen molar-refractivity contribution in [2.75, 3.05) is 0 Å². The number of fused-ring (bicyclic) bond motifs is 1. The summed E-state index contributed by atoms with van der Waals surface area (Å²) >= 11 is 0. The van der Waals surface area contributed by atoms with Gasteiger partial charge in [-0.1, -0.05) is 24.3 Å². The molecule has 0 heterocycles. The van der Waals surface area contributed by atoms with Crippen molar-refractivity contribution in [2.24, 2.45) is 0 Å². The Balaban J connectivity index is 2.14. The molecule has 1 aromatic carbocycles. The third-order valence-corrected chi connectivity index (χ3v) is 2.93. The van der Waals surface area contributed by atoms with Gasteiger partial charge in [0.15, 0.2) is 0 Å². The molecule has 0 aromatic heterocycles. The maximum atomic E-state index is 11.1. The summed E-state index contributed by atoms with van der Waals surface area (Å²) < 4.78 is 0. The van der Waals surface area contributed by atoms with Crippen LogP contribution in [-0.4, -0.2) is 16.9 Å². The summed E-state index contributed by atoms with van der Waals surface area (Å²) in [6, 6.07) is 7.94. The fourth-order valence-corrected chi connectivity index (χ4v) is 2.17. The maximum absolute atomic E-state index is 11.1. The maximum Gasteiger partial charge on any atom is 0.372 e. The molecule has 0 bridgehead atoms. The largest absolute Gasteiger partial charge is 0.476 e. The molecule has 0 saturated carbocycles. The van der Waals surface area contributed by atoms with Gasteiger partial charge in [0.05, 0.1) is 0 Å². The first-order valence-electron chi connectivity index (χ1n) is 5.02. The number of aliphatic carboxylic acids is 1. The fourth-order valence-electron chi connectivity index (χ4n) is 2.17. The summed E-state index contributed by atoms with van der Waals surface area (Å²) in [5.41, 5.74) is 2.40. The van der Waals surface area contributed by atoms with E-state index in [1.54, 1.807) is 0 Å². The number of benzene rings is 1. The normalized spacial score (nSPS) is 18.5. The summed E-state index contributed by atoms with van der Waals surface area (Å²) in [4.78, 5) is 21.6. The van der Waals surface area contributed by atoms with Crippen molar-refractivity contribution in [1.29, 1.82) is 0 Å². The van der Waals surface area contributed by atoms with Crippen LogP contribution >= 0.6 is 0 Å². The predicted octanol–water partition coefficient (Wildman–Crippen LogP) is 1.76. The average Bonchev–Trinajstić information content (AvgIpc) is 2.62. The van der Waals surface area contributed by atoms with E-state index in [0.29, 0.717) is 0 Å². The molecule has 0 fully saturated rings. The summed E-state index contributed by atoms with van der Waals surface area (Å²) in [7, 11) is 0. The first-order valence-corrected chi connectivity index (χ1v) is 5.02. The van der Waals surface area contributed by atoms with Gasteiger partial charge < -0.3 is 5.11 Å². The van der Waals surface area contributed by atoms with Crippen molar-refractivity contribution < 1.29 is 14.7 Å². The Bertz CT molecular complexity index is 409. The van der Waals surface area contributed by atoms with Crippen LogP contribution in [0.1, 0.15) is 29.9 Å². The van der Waals surface area contributed by atoms with E-state index >= 15 is 0 Å². The van der Waals surface area contributed by atoms with E-state index in [0.717, 1.165) is 18.4 Å². The number of carbonyl (C=O) groups is 2. The minimum atomic E-state index is -1.32. The lowest BCUT2D eigenvalue weighted by Gasteiger charge is -2.08. The van der Waals surface area contributed by atoms with Gasteiger partial charge in [-0.2, -0.15) is 0 Å². The summed E-state index contributed by atoms with van der Waals surface area (Å²) in [6.45, 7) is 0. The van der Waals surface area contributed by atoms with E-state index in [2.05, 4.69) is 0 Å². The molecule has 78 valence electrons. The molecule has 2 rings (SSSR count). The van der Waals surface area contributed by atoms with Crippen molar-refractivity contribution in [1.82, 2.24) is 0 Å². The first kappa shape index (κ1) is 9.90. The van der Waals surface area contributed by atoms with Crippen LogP contribution < -0.4 is 0 Å². The quantitative estimate of drug-likeness (QED) is 0.763. The first-order chi connectivity index (χ1) is 7.18. The van der Waals surface area contributed by atoms with Gasteiger partial charge in [0.25, 0.3) is 0 Å². The van der Waals surface area contributed by atoms with Gasteiger partial charge in [0.1, 0.15) is 0 Å². The molecular weight excluding hydrogens is 192 g/mol. The average molecular weight is 204 g/mol. The number of rotatable bonds is 3. The highest BCUT2D eigenvalue weighted by Crippen LogP contribution is 2.35. The topological polar surface area (TPSA) is 54.4 Å². The van der Waals surface area contributed by atoms with Gasteiger partial charge in [0, 0.05) is 6.42 Å². The molecule has 0 spiro atoms. The zero-order valence-electron chi connectivity index (χ0n) is 8.27. The number of Topliss-reactive ketones (excluding diaryl/α,β-unsaturated/α-hetero) is 1. The van der Waals surface area contributed by atoms with Crippen molar-refractivity contribution in [3.05, 3.63) is 35.4 Å². The van der Waals surface area contributed by atoms with Crippen LogP contribution in [0.4, 0.5) is 0 Å². The van der Waals surface area contributed by atoms with E-state index in [-0.39, 0.29) is 12.3 Å². The summed E-state index contributed by atoms with van der Waals surface area (Å²) in [5, 5.41) is 8.54. The molecule has 1 unspecified atom stereocenters. The minimum Gasteiger partial charge on any atom is -0.476 e. The van der Waals surface area contributed by atoms with Crippen molar-refractivity contribution in [3.63, 3.8) is 0 Å². The summed E-state index contributed by atoms with van der Waals surface area (Å²) in [5.74, 6) is -1.90. The number of ketones is 1. The molecule has 1 aromatic rings. The lowest BCUT2D eigenvalue weighted by Crippen LogP contribution is -2.15. The Morgan fingerprint density at radius 2 is 2.07 bits per heavy atom.